The van der Waals surface area contributed by atoms with Crippen LogP contribution in [0.2, 0.25) is 0 Å². The average Bonchev–Trinajstić information content (AvgIpc) is 3.34. The summed E-state index contributed by atoms with van der Waals surface area (Å²) in [5.41, 5.74) is 7.08. The fourth-order valence-corrected chi connectivity index (χ4v) is 10.3. The summed E-state index contributed by atoms with van der Waals surface area (Å²) in [7, 11) is -4.01. The van der Waals surface area contributed by atoms with E-state index in [2.05, 4.69) is 0 Å². The fraction of sp³-hybridized carbons (Fsp3) is 0.516. The summed E-state index contributed by atoms with van der Waals surface area (Å²) in [6.07, 6.45) is -0.190. The molecule has 0 aliphatic carbocycles. The number of rotatable bonds is 9. The van der Waals surface area contributed by atoms with Gasteiger partial charge in [0.05, 0.1) is 53.4 Å². The molecule has 6 aliphatic heterocycles. The molecule has 2 aromatic rings. The molecular formula is C31H38N5O7S+. The highest BCUT2D eigenvalue weighted by atomic mass is 32.2. The second-order valence-corrected chi connectivity index (χ2v) is 15.3. The van der Waals surface area contributed by atoms with Gasteiger partial charge in [-0.15, -0.1) is 0 Å². The zero-order valence-electron chi connectivity index (χ0n) is 24.9. The number of nitrogens with two attached hydrogens (primary N) is 1. The Balaban J connectivity index is 1.18. The number of carbonyl (C=O) groups is 3. The van der Waals surface area contributed by atoms with Crippen molar-refractivity contribution in [1.29, 1.82) is 0 Å². The lowest BCUT2D eigenvalue weighted by atomic mass is 9.78. The first-order valence-electron chi connectivity index (χ1n) is 15.3. The van der Waals surface area contributed by atoms with Gasteiger partial charge in [-0.1, -0.05) is 25.1 Å². The Labute approximate surface area is 256 Å². The van der Waals surface area contributed by atoms with E-state index in [1.165, 1.54) is 11.2 Å². The molecule has 2 aromatic carbocycles. The van der Waals surface area contributed by atoms with Crippen LogP contribution < -0.4 is 15.1 Å². The van der Waals surface area contributed by atoms with E-state index in [0.29, 0.717) is 23.2 Å². The number of primary amides is 1. The lowest BCUT2D eigenvalue weighted by Crippen LogP contribution is -2.76. The Morgan fingerprint density at radius 3 is 2.36 bits per heavy atom. The van der Waals surface area contributed by atoms with E-state index < -0.39 is 45.9 Å². The van der Waals surface area contributed by atoms with Crippen molar-refractivity contribution in [2.75, 3.05) is 63.2 Å². The van der Waals surface area contributed by atoms with Crippen LogP contribution in [0.25, 0.3) is 10.8 Å². The topological polar surface area (TPSA) is 161 Å². The minimum absolute atomic E-state index is 0.186. The molecule has 0 saturated carbocycles. The van der Waals surface area contributed by atoms with Crippen LogP contribution in [0.4, 0.5) is 5.69 Å². The maximum atomic E-state index is 14.0. The van der Waals surface area contributed by atoms with E-state index in [-0.39, 0.29) is 23.0 Å². The largest absolute Gasteiger partial charge is 0.543 e. The van der Waals surface area contributed by atoms with Gasteiger partial charge in [0.15, 0.2) is 6.54 Å². The van der Waals surface area contributed by atoms with Crippen LogP contribution in [-0.2, 0) is 30.8 Å². The molecule has 12 nitrogen and oxygen atoms in total. The number of piperazine rings is 3. The van der Waals surface area contributed by atoms with E-state index in [9.17, 15) is 33.0 Å². The third-order valence-electron chi connectivity index (χ3n) is 11.2. The number of anilines is 1. The molecule has 6 aliphatic rings. The Morgan fingerprint density at radius 1 is 1.09 bits per heavy atom. The van der Waals surface area contributed by atoms with Crippen LogP contribution in [0.15, 0.2) is 46.5 Å². The van der Waals surface area contributed by atoms with Gasteiger partial charge in [-0.2, -0.15) is 0 Å². The number of carbonyl (C=O) groups excluding carboxylic acids is 3. The molecule has 2 amide bonds. The van der Waals surface area contributed by atoms with Gasteiger partial charge in [0.25, 0.3) is 15.9 Å². The van der Waals surface area contributed by atoms with Gasteiger partial charge in [-0.05, 0) is 35.6 Å². The predicted molar refractivity (Wildman–Crippen MR) is 158 cm³/mol. The van der Waals surface area contributed by atoms with Crippen molar-refractivity contribution in [2.24, 2.45) is 17.6 Å². The minimum atomic E-state index is -4.01. The lowest BCUT2D eigenvalue weighted by Gasteiger charge is -2.55. The quantitative estimate of drug-likeness (QED) is 0.264. The van der Waals surface area contributed by atoms with Gasteiger partial charge >= 0.3 is 0 Å². The highest BCUT2D eigenvalue weighted by molar-refractivity contribution is 7.93. The van der Waals surface area contributed by atoms with Crippen molar-refractivity contribution < 1.29 is 42.0 Å². The van der Waals surface area contributed by atoms with Gasteiger partial charge in [-0.3, -0.25) is 13.9 Å². The summed E-state index contributed by atoms with van der Waals surface area (Å²) in [5.74, 6) is -3.50. The van der Waals surface area contributed by atoms with Crippen molar-refractivity contribution in [3.63, 3.8) is 0 Å². The number of aliphatic hydroxyl groups excluding tert-OH is 1. The van der Waals surface area contributed by atoms with Crippen molar-refractivity contribution in [3.05, 3.63) is 47.2 Å². The molecule has 0 spiro atoms. The van der Waals surface area contributed by atoms with Gasteiger partial charge in [0, 0.05) is 17.7 Å². The maximum Gasteiger partial charge on any atom is 0.272 e. The third kappa shape index (κ3) is 4.05. The number of hydrogen-bond acceptors (Lipinski definition) is 7. The van der Waals surface area contributed by atoms with E-state index in [1.807, 2.05) is 18.2 Å². The maximum absolute atomic E-state index is 14.0. The number of sulfonamides is 1. The highest BCUT2D eigenvalue weighted by Crippen LogP contribution is 2.49. The molecule has 3 N–H and O–H groups in total. The number of carboxylic acid groups (broad SMARTS) is 1. The molecule has 4 fully saturated rings. The first kappa shape index (κ1) is 29.2. The SMILES string of the molecule is C[C@@H](O)[C@H]1C(=O)N2C(C(=O)[O-])=C(CN3c4cccc5c(CC[N+]67CC[N+](CC(N)=O)(CC6)CC7)ccc(c45)S3(=O)=O)[C@H](C)[C@H]12. The third-order valence-corrected chi connectivity index (χ3v) is 13.0. The van der Waals surface area contributed by atoms with Crippen molar-refractivity contribution >= 4 is 44.3 Å². The minimum Gasteiger partial charge on any atom is -0.543 e. The van der Waals surface area contributed by atoms with Crippen molar-refractivity contribution in [1.82, 2.24) is 4.90 Å². The van der Waals surface area contributed by atoms with Crippen LogP contribution in [0, 0.1) is 11.8 Å². The number of fused-ring (bicyclic) bond motifs is 4. The first-order chi connectivity index (χ1) is 20.8. The number of amides is 2. The van der Waals surface area contributed by atoms with Gasteiger partial charge in [-0.25, -0.2) is 8.42 Å². The predicted octanol–water partition coefficient (Wildman–Crippen LogP) is -1.10. The molecule has 8 rings (SSSR count). The number of quaternary nitrogens is 2. The summed E-state index contributed by atoms with van der Waals surface area (Å²) < 4.78 is 30.9. The highest BCUT2D eigenvalue weighted by Gasteiger charge is 2.59. The normalized spacial score (nSPS) is 32.2. The number of aliphatic carboxylic acids is 1. The van der Waals surface area contributed by atoms with Crippen LogP contribution in [0.1, 0.15) is 19.4 Å². The fourth-order valence-electron chi connectivity index (χ4n) is 8.68. The molecule has 6 heterocycles. The number of β-lactam (4-membered cyclic amide) rings is 1. The van der Waals surface area contributed by atoms with Crippen molar-refractivity contribution in [3.8, 4) is 0 Å². The molecule has 4 saturated heterocycles. The molecule has 2 bridgehead atoms. The number of hydrogen-bond donors (Lipinski definition) is 2. The van der Waals surface area contributed by atoms with E-state index in [1.54, 1.807) is 19.1 Å². The average molecular weight is 625 g/mol. The number of carboxylic acids is 1. The van der Waals surface area contributed by atoms with E-state index in [0.717, 1.165) is 77.0 Å². The summed E-state index contributed by atoms with van der Waals surface area (Å²) in [6.45, 7) is 10.1. The molecule has 234 valence electrons. The zero-order chi connectivity index (χ0) is 31.3. The molecule has 44 heavy (non-hydrogen) atoms. The number of benzene rings is 2. The molecule has 4 atom stereocenters. The molecule has 13 heteroatoms. The molecule has 0 radical (unpaired) electrons. The summed E-state index contributed by atoms with van der Waals surface area (Å²) in [5, 5.41) is 23.9. The summed E-state index contributed by atoms with van der Waals surface area (Å²) in [4.78, 5) is 38.0. The number of nitrogens with zero attached hydrogens (tertiary/aromatic N) is 4. The standard InChI is InChI=1S/C31H37N5O7S/c1-18-22(29(31(40)41)34-28(18)26(19(2)37)30(34)39)16-33-23-5-3-4-21-20(6-7-24(27(21)23)44(33,42)43)8-9-35-10-13-36(14-11-35,15-12-35)17-25(32)38/h3-7,18-19,26,28,37H,8-17H2,1-2H3,(H-2,32,38,40,41)/p+1/t18-,19+,26+,28+,35?,36?/m0/s1. The van der Waals surface area contributed by atoms with Gasteiger partial charge < -0.3 is 34.6 Å². The Morgan fingerprint density at radius 2 is 1.75 bits per heavy atom. The van der Waals surface area contributed by atoms with Crippen LogP contribution in [0.3, 0.4) is 0 Å². The van der Waals surface area contributed by atoms with E-state index >= 15 is 0 Å². The Bertz CT molecular complexity index is 1750. The molecular weight excluding hydrogens is 586 g/mol. The monoisotopic (exact) mass is 624 g/mol. The number of aliphatic hydroxyl groups is 1. The molecule has 0 aromatic heterocycles. The second kappa shape index (κ2) is 9.74. The Hall–Kier alpha value is -3.52. The zero-order valence-corrected chi connectivity index (χ0v) is 25.8. The summed E-state index contributed by atoms with van der Waals surface area (Å²) >= 11 is 0. The first-order valence-corrected chi connectivity index (χ1v) is 16.7. The van der Waals surface area contributed by atoms with Gasteiger partial charge in [0.1, 0.15) is 39.3 Å². The Kier molecular flexibility index (Phi) is 6.46. The lowest BCUT2D eigenvalue weighted by molar-refractivity contribution is -1.08. The van der Waals surface area contributed by atoms with Gasteiger partial charge in [0.2, 0.25) is 5.91 Å². The molecule has 0 unspecified atom stereocenters. The summed E-state index contributed by atoms with van der Waals surface area (Å²) in [6, 6.07) is 8.51. The van der Waals surface area contributed by atoms with Crippen molar-refractivity contribution in [2.45, 2.75) is 37.3 Å². The van der Waals surface area contributed by atoms with Crippen LogP contribution in [0.5, 0.6) is 0 Å². The smallest absolute Gasteiger partial charge is 0.272 e. The van der Waals surface area contributed by atoms with E-state index in [4.69, 9.17) is 5.73 Å². The second-order valence-electron chi connectivity index (χ2n) is 13.5. The van der Waals surface area contributed by atoms with Crippen LogP contribution >= 0.6 is 0 Å². The van der Waals surface area contributed by atoms with Crippen LogP contribution in [-0.4, -0.2) is 116 Å².